The molecule has 1 aromatic rings. The molecule has 0 saturated heterocycles. The summed E-state index contributed by atoms with van der Waals surface area (Å²) in [5, 5.41) is 1.09. The first-order valence-electron chi connectivity index (χ1n) is 4.86. The molecule has 0 amide bonds. The molecule has 0 saturated carbocycles. The number of nitrogens with zero attached hydrogens (tertiary/aromatic N) is 2. The lowest BCUT2D eigenvalue weighted by atomic mass is 10.4. The van der Waals surface area contributed by atoms with Gasteiger partial charge in [-0.15, -0.1) is 0 Å². The summed E-state index contributed by atoms with van der Waals surface area (Å²) < 4.78 is 5.25. The number of hydrogen-bond donors (Lipinski definition) is 0. The number of pyridine rings is 1. The predicted octanol–water partition coefficient (Wildman–Crippen LogP) is 3.51. The lowest BCUT2D eigenvalue weighted by molar-refractivity contribution is 0.154. The molecular weight excluding hydrogens is 270 g/mol. The lowest BCUT2D eigenvalue weighted by Gasteiger charge is -2.19. The summed E-state index contributed by atoms with van der Waals surface area (Å²) in [7, 11) is 1.87. The minimum atomic E-state index is 0.254. The lowest BCUT2D eigenvalue weighted by Crippen LogP contribution is -2.23. The summed E-state index contributed by atoms with van der Waals surface area (Å²) in [6, 6.07) is 1.59. The fourth-order valence-electron chi connectivity index (χ4n) is 1.15. The molecule has 0 aromatic carbocycles. The number of halogens is 3. The molecule has 0 spiro atoms. The van der Waals surface area contributed by atoms with Gasteiger partial charge in [0.2, 0.25) is 0 Å². The second-order valence-corrected chi connectivity index (χ2v) is 4.36. The molecule has 0 radical (unpaired) electrons. The highest BCUT2D eigenvalue weighted by Crippen LogP contribution is 2.30. The fourth-order valence-corrected chi connectivity index (χ4v) is 1.79. The third-order valence-electron chi connectivity index (χ3n) is 2.00. The zero-order valence-electron chi connectivity index (χ0n) is 9.14. The molecular formula is C10H13Cl3N2O. The SMILES string of the molecule is CCOCCN(C)c1nc(Cl)c(Cl)cc1Cl. The summed E-state index contributed by atoms with van der Waals surface area (Å²) in [4.78, 5) is 6.00. The quantitative estimate of drug-likeness (QED) is 0.611. The van der Waals surface area contributed by atoms with Gasteiger partial charge in [-0.1, -0.05) is 34.8 Å². The van der Waals surface area contributed by atoms with Crippen LogP contribution in [0, 0.1) is 0 Å². The molecule has 0 bridgehead atoms. The summed E-state index contributed by atoms with van der Waals surface area (Å²) >= 11 is 17.6. The molecule has 90 valence electrons. The normalized spacial score (nSPS) is 10.6. The average Bonchev–Trinajstić information content (AvgIpc) is 2.23. The average molecular weight is 284 g/mol. The molecule has 1 rings (SSSR count). The van der Waals surface area contributed by atoms with Crippen molar-refractivity contribution in [1.29, 1.82) is 0 Å². The Morgan fingerprint density at radius 1 is 1.31 bits per heavy atom. The minimum absolute atomic E-state index is 0.254. The van der Waals surface area contributed by atoms with Gasteiger partial charge in [0.05, 0.1) is 16.7 Å². The van der Waals surface area contributed by atoms with Gasteiger partial charge in [-0.2, -0.15) is 0 Å². The maximum atomic E-state index is 6.02. The van der Waals surface area contributed by atoms with Crippen LogP contribution in [0.3, 0.4) is 0 Å². The van der Waals surface area contributed by atoms with E-state index in [1.165, 1.54) is 0 Å². The first kappa shape index (κ1) is 13.8. The first-order valence-corrected chi connectivity index (χ1v) is 6.00. The van der Waals surface area contributed by atoms with Gasteiger partial charge in [0.25, 0.3) is 0 Å². The molecule has 0 fully saturated rings. The van der Waals surface area contributed by atoms with Crippen LogP contribution in [0.2, 0.25) is 15.2 Å². The first-order chi connectivity index (χ1) is 7.56. The van der Waals surface area contributed by atoms with E-state index >= 15 is 0 Å². The van der Waals surface area contributed by atoms with Gasteiger partial charge in [0.15, 0.2) is 0 Å². The zero-order valence-corrected chi connectivity index (χ0v) is 11.4. The van der Waals surface area contributed by atoms with E-state index in [1.54, 1.807) is 6.07 Å². The van der Waals surface area contributed by atoms with Crippen LogP contribution in [0.15, 0.2) is 6.07 Å². The van der Waals surface area contributed by atoms with Crippen LogP contribution in [0.4, 0.5) is 5.82 Å². The Hall–Kier alpha value is -0.220. The Kier molecular flexibility index (Phi) is 5.62. The van der Waals surface area contributed by atoms with Crippen LogP contribution in [0.5, 0.6) is 0 Å². The van der Waals surface area contributed by atoms with Crippen molar-refractivity contribution in [3.8, 4) is 0 Å². The van der Waals surface area contributed by atoms with Gasteiger partial charge in [-0.25, -0.2) is 4.98 Å². The van der Waals surface area contributed by atoms with Gasteiger partial charge in [0, 0.05) is 20.2 Å². The predicted molar refractivity (Wildman–Crippen MR) is 69.0 cm³/mol. The van der Waals surface area contributed by atoms with E-state index in [4.69, 9.17) is 39.5 Å². The van der Waals surface area contributed by atoms with Gasteiger partial charge in [-0.05, 0) is 13.0 Å². The van der Waals surface area contributed by atoms with E-state index in [1.807, 2.05) is 18.9 Å². The van der Waals surface area contributed by atoms with Gasteiger partial charge < -0.3 is 9.64 Å². The Bertz CT molecular complexity index is 360. The Morgan fingerprint density at radius 2 is 2.00 bits per heavy atom. The van der Waals surface area contributed by atoms with Crippen LogP contribution >= 0.6 is 34.8 Å². The molecule has 6 heteroatoms. The molecule has 1 heterocycles. The standard InChI is InChI=1S/C10H13Cl3N2O/c1-3-16-5-4-15(2)10-8(12)6-7(11)9(13)14-10/h6H,3-5H2,1-2H3. The second kappa shape index (κ2) is 6.50. The van der Waals surface area contributed by atoms with Crippen molar-refractivity contribution in [3.05, 3.63) is 21.3 Å². The van der Waals surface area contributed by atoms with E-state index < -0.39 is 0 Å². The maximum absolute atomic E-state index is 6.02. The number of hydrogen-bond acceptors (Lipinski definition) is 3. The Morgan fingerprint density at radius 3 is 2.62 bits per heavy atom. The van der Waals surface area contributed by atoms with Gasteiger partial charge in [0.1, 0.15) is 11.0 Å². The van der Waals surface area contributed by atoms with Crippen molar-refractivity contribution in [2.75, 3.05) is 31.7 Å². The molecule has 0 aliphatic rings. The zero-order chi connectivity index (χ0) is 12.1. The second-order valence-electron chi connectivity index (χ2n) is 3.18. The molecule has 16 heavy (non-hydrogen) atoms. The van der Waals surface area contributed by atoms with Crippen LogP contribution < -0.4 is 4.90 Å². The maximum Gasteiger partial charge on any atom is 0.150 e. The van der Waals surface area contributed by atoms with Crippen LogP contribution in [-0.4, -0.2) is 31.8 Å². The number of rotatable bonds is 5. The van der Waals surface area contributed by atoms with E-state index in [0.717, 1.165) is 0 Å². The summed E-state index contributed by atoms with van der Waals surface area (Å²) in [5.74, 6) is 0.607. The van der Waals surface area contributed by atoms with Crippen molar-refractivity contribution >= 4 is 40.6 Å². The minimum Gasteiger partial charge on any atom is -0.380 e. The summed E-state index contributed by atoms with van der Waals surface area (Å²) in [5.41, 5.74) is 0. The van der Waals surface area contributed by atoms with E-state index in [-0.39, 0.29) is 5.15 Å². The topological polar surface area (TPSA) is 25.4 Å². The molecule has 0 N–H and O–H groups in total. The van der Waals surface area contributed by atoms with Crippen molar-refractivity contribution in [3.63, 3.8) is 0 Å². The Balaban J connectivity index is 2.75. The number of ether oxygens (including phenoxy) is 1. The third kappa shape index (κ3) is 3.67. The van der Waals surface area contributed by atoms with E-state index in [9.17, 15) is 0 Å². The Labute approximate surface area is 110 Å². The van der Waals surface area contributed by atoms with E-state index in [2.05, 4.69) is 4.98 Å². The summed E-state index contributed by atoms with van der Waals surface area (Å²) in [6.45, 7) is 3.95. The highest BCUT2D eigenvalue weighted by molar-refractivity contribution is 6.42. The monoisotopic (exact) mass is 282 g/mol. The van der Waals surface area contributed by atoms with Crippen molar-refractivity contribution < 1.29 is 4.74 Å². The highest BCUT2D eigenvalue weighted by atomic mass is 35.5. The summed E-state index contributed by atoms with van der Waals surface area (Å²) in [6.07, 6.45) is 0. The van der Waals surface area contributed by atoms with Crippen molar-refractivity contribution in [2.24, 2.45) is 0 Å². The van der Waals surface area contributed by atoms with Gasteiger partial charge in [-0.3, -0.25) is 0 Å². The molecule has 0 atom stereocenters. The molecule has 0 unspecified atom stereocenters. The number of aromatic nitrogens is 1. The molecule has 0 aliphatic heterocycles. The van der Waals surface area contributed by atoms with E-state index in [0.29, 0.717) is 35.6 Å². The largest absolute Gasteiger partial charge is 0.380 e. The molecule has 1 aromatic heterocycles. The van der Waals surface area contributed by atoms with Crippen LogP contribution in [0.1, 0.15) is 6.92 Å². The third-order valence-corrected chi connectivity index (χ3v) is 2.96. The smallest absolute Gasteiger partial charge is 0.150 e. The van der Waals surface area contributed by atoms with Crippen LogP contribution in [0.25, 0.3) is 0 Å². The highest BCUT2D eigenvalue weighted by Gasteiger charge is 2.11. The number of anilines is 1. The number of likely N-dealkylation sites (N-methyl/N-ethyl adjacent to an activating group) is 1. The van der Waals surface area contributed by atoms with Crippen molar-refractivity contribution in [1.82, 2.24) is 4.98 Å². The van der Waals surface area contributed by atoms with Crippen LogP contribution in [-0.2, 0) is 4.74 Å². The molecule has 0 aliphatic carbocycles. The van der Waals surface area contributed by atoms with Crippen molar-refractivity contribution in [2.45, 2.75) is 6.92 Å². The molecule has 3 nitrogen and oxygen atoms in total. The van der Waals surface area contributed by atoms with Gasteiger partial charge >= 0.3 is 0 Å². The fraction of sp³-hybridized carbons (Fsp3) is 0.500.